The van der Waals surface area contributed by atoms with Gasteiger partial charge in [-0.3, -0.25) is 19.9 Å². The Bertz CT molecular complexity index is 700. The minimum Gasteiger partial charge on any atom is -0.353 e. The highest BCUT2D eigenvalue weighted by Gasteiger charge is 2.47. The first kappa shape index (κ1) is 17.5. The van der Waals surface area contributed by atoms with Crippen LogP contribution >= 0.6 is 0 Å². The molecule has 0 spiro atoms. The molecule has 8 nitrogen and oxygen atoms in total. The number of aryl methyl sites for hydroxylation is 1. The van der Waals surface area contributed by atoms with Crippen LogP contribution in [-0.4, -0.2) is 50.9 Å². The molecule has 2 aliphatic rings. The summed E-state index contributed by atoms with van der Waals surface area (Å²) in [7, 11) is 1.99. The van der Waals surface area contributed by atoms with Gasteiger partial charge in [-0.1, -0.05) is 6.92 Å². The van der Waals surface area contributed by atoms with Gasteiger partial charge in [0.05, 0.1) is 12.6 Å². The van der Waals surface area contributed by atoms with Crippen molar-refractivity contribution in [2.45, 2.75) is 44.7 Å². The molecule has 2 N–H and O–H groups in total. The van der Waals surface area contributed by atoms with Crippen molar-refractivity contribution in [3.8, 4) is 0 Å². The van der Waals surface area contributed by atoms with E-state index in [9.17, 15) is 14.4 Å². The van der Waals surface area contributed by atoms with Gasteiger partial charge in [0, 0.05) is 18.9 Å². The van der Waals surface area contributed by atoms with Crippen LogP contribution < -0.4 is 10.7 Å². The highest BCUT2D eigenvalue weighted by atomic mass is 16.2. The zero-order valence-corrected chi connectivity index (χ0v) is 14.9. The lowest BCUT2D eigenvalue weighted by Crippen LogP contribution is -2.51. The van der Waals surface area contributed by atoms with Crippen molar-refractivity contribution in [1.29, 1.82) is 0 Å². The third-order valence-corrected chi connectivity index (χ3v) is 5.24. The number of urea groups is 1. The van der Waals surface area contributed by atoms with Gasteiger partial charge in [-0.2, -0.15) is 5.01 Å². The van der Waals surface area contributed by atoms with E-state index in [0.717, 1.165) is 24.4 Å². The van der Waals surface area contributed by atoms with E-state index in [2.05, 4.69) is 26.3 Å². The van der Waals surface area contributed by atoms with Gasteiger partial charge in [0.2, 0.25) is 0 Å². The van der Waals surface area contributed by atoms with Crippen LogP contribution in [0.15, 0.2) is 18.3 Å². The Morgan fingerprint density at radius 2 is 2.20 bits per heavy atom. The van der Waals surface area contributed by atoms with E-state index < -0.39 is 17.5 Å². The monoisotopic (exact) mass is 347 g/mol. The van der Waals surface area contributed by atoms with Crippen LogP contribution in [-0.2, 0) is 16.6 Å². The van der Waals surface area contributed by atoms with Crippen molar-refractivity contribution in [3.63, 3.8) is 0 Å². The number of hydrogen-bond donors (Lipinski definition) is 2. The number of hydrogen-bond acceptors (Lipinski definition) is 4. The van der Waals surface area contributed by atoms with E-state index in [1.807, 2.05) is 26.2 Å². The number of carbonyl (C=O) groups excluding carboxylic acids is 3. The molecule has 2 atom stereocenters. The predicted octanol–water partition coefficient (Wildman–Crippen LogP) is 0.914. The normalized spacial score (nSPS) is 27.0. The van der Waals surface area contributed by atoms with Crippen molar-refractivity contribution < 1.29 is 14.4 Å². The first-order valence-electron chi connectivity index (χ1n) is 8.67. The lowest BCUT2D eigenvalue weighted by Gasteiger charge is -2.25. The molecule has 0 saturated carbocycles. The summed E-state index contributed by atoms with van der Waals surface area (Å²) in [5, 5.41) is 3.43. The number of amides is 4. The van der Waals surface area contributed by atoms with Crippen molar-refractivity contribution in [2.24, 2.45) is 7.05 Å². The zero-order valence-electron chi connectivity index (χ0n) is 14.9. The quantitative estimate of drug-likeness (QED) is 0.775. The number of carbonyl (C=O) groups is 3. The van der Waals surface area contributed by atoms with Gasteiger partial charge in [0.25, 0.3) is 11.8 Å². The molecule has 8 heteroatoms. The summed E-state index contributed by atoms with van der Waals surface area (Å²) in [6, 6.07) is 3.65. The van der Waals surface area contributed by atoms with Gasteiger partial charge in [-0.05, 0) is 44.9 Å². The Hall–Kier alpha value is -2.35. The molecule has 0 unspecified atom stereocenters. The number of aromatic nitrogens is 1. The molecule has 0 aliphatic carbocycles. The number of rotatable bonds is 5. The van der Waals surface area contributed by atoms with Crippen LogP contribution in [0, 0.1) is 0 Å². The Balaban J connectivity index is 1.64. The second kappa shape index (κ2) is 6.51. The van der Waals surface area contributed by atoms with Crippen molar-refractivity contribution in [2.75, 3.05) is 13.1 Å². The Kier molecular flexibility index (Phi) is 4.55. The second-order valence-electron chi connectivity index (χ2n) is 6.96. The van der Waals surface area contributed by atoms with E-state index in [1.54, 1.807) is 6.92 Å². The molecule has 0 bridgehead atoms. The summed E-state index contributed by atoms with van der Waals surface area (Å²) in [6.45, 7) is 4.44. The van der Waals surface area contributed by atoms with E-state index in [-0.39, 0.29) is 18.5 Å². The molecule has 0 radical (unpaired) electrons. The molecule has 0 aromatic carbocycles. The van der Waals surface area contributed by atoms with Gasteiger partial charge in [0.1, 0.15) is 5.54 Å². The van der Waals surface area contributed by atoms with E-state index in [0.29, 0.717) is 6.42 Å². The standard InChI is InChI=1S/C17H25N5O3/c1-4-17(2)15(24)22(16(25)18-17)19-14(23)11-21-10-6-8-13(21)12-7-5-9-20(12)3/h5,7,9,13H,4,6,8,10-11H2,1-3H3,(H,18,25)(H,19,23)/t13-,17+/m0/s1. The van der Waals surface area contributed by atoms with Crippen LogP contribution in [0.2, 0.25) is 0 Å². The summed E-state index contributed by atoms with van der Waals surface area (Å²) >= 11 is 0. The zero-order chi connectivity index (χ0) is 18.2. The van der Waals surface area contributed by atoms with Crippen LogP contribution in [0.4, 0.5) is 4.79 Å². The largest absolute Gasteiger partial charge is 0.353 e. The molecular weight excluding hydrogens is 322 g/mol. The first-order chi connectivity index (χ1) is 11.9. The second-order valence-corrected chi connectivity index (χ2v) is 6.96. The molecule has 2 saturated heterocycles. The van der Waals surface area contributed by atoms with Gasteiger partial charge in [-0.15, -0.1) is 0 Å². The molecule has 3 heterocycles. The number of hydrazine groups is 1. The van der Waals surface area contributed by atoms with E-state index in [1.165, 1.54) is 5.69 Å². The number of imide groups is 1. The highest BCUT2D eigenvalue weighted by molar-refractivity contribution is 6.07. The average molecular weight is 347 g/mol. The molecule has 136 valence electrons. The molecule has 25 heavy (non-hydrogen) atoms. The van der Waals surface area contributed by atoms with E-state index in [4.69, 9.17) is 0 Å². The fourth-order valence-corrected chi connectivity index (χ4v) is 3.54. The lowest BCUT2D eigenvalue weighted by molar-refractivity contribution is -0.139. The van der Waals surface area contributed by atoms with Crippen LogP contribution in [0.3, 0.4) is 0 Å². The minimum absolute atomic E-state index is 0.149. The summed E-state index contributed by atoms with van der Waals surface area (Å²) < 4.78 is 2.06. The molecule has 2 fully saturated rings. The third-order valence-electron chi connectivity index (χ3n) is 5.24. The van der Waals surface area contributed by atoms with Crippen LogP contribution in [0.25, 0.3) is 0 Å². The van der Waals surface area contributed by atoms with Crippen molar-refractivity contribution in [1.82, 2.24) is 25.2 Å². The Morgan fingerprint density at radius 3 is 2.80 bits per heavy atom. The van der Waals surface area contributed by atoms with Crippen molar-refractivity contribution in [3.05, 3.63) is 24.0 Å². The number of likely N-dealkylation sites (tertiary alicyclic amines) is 1. The van der Waals surface area contributed by atoms with Crippen LogP contribution in [0.5, 0.6) is 0 Å². The summed E-state index contributed by atoms with van der Waals surface area (Å²) in [5.41, 5.74) is 2.67. The number of nitrogens with zero attached hydrogens (tertiary/aromatic N) is 3. The molecule has 4 amide bonds. The number of nitrogens with one attached hydrogen (secondary N) is 2. The molecule has 1 aromatic rings. The topological polar surface area (TPSA) is 86.7 Å². The van der Waals surface area contributed by atoms with Crippen LogP contribution in [0.1, 0.15) is 44.8 Å². The smallest absolute Gasteiger partial charge is 0.344 e. The van der Waals surface area contributed by atoms with Gasteiger partial charge >= 0.3 is 6.03 Å². The fourth-order valence-electron chi connectivity index (χ4n) is 3.54. The maximum absolute atomic E-state index is 12.4. The average Bonchev–Trinajstić information content (AvgIpc) is 3.24. The summed E-state index contributed by atoms with van der Waals surface area (Å²) in [5.74, 6) is -0.779. The summed E-state index contributed by atoms with van der Waals surface area (Å²) in [4.78, 5) is 38.8. The maximum atomic E-state index is 12.4. The molecule has 3 rings (SSSR count). The highest BCUT2D eigenvalue weighted by Crippen LogP contribution is 2.31. The molecule has 1 aromatic heterocycles. The SMILES string of the molecule is CC[C@@]1(C)NC(=O)N(NC(=O)CN2CCC[C@H]2c2cccn2C)C1=O. The maximum Gasteiger partial charge on any atom is 0.344 e. The molecule has 2 aliphatic heterocycles. The van der Waals surface area contributed by atoms with Crippen molar-refractivity contribution >= 4 is 17.8 Å². The predicted molar refractivity (Wildman–Crippen MR) is 91.2 cm³/mol. The first-order valence-corrected chi connectivity index (χ1v) is 8.67. The Labute approximate surface area is 147 Å². The minimum atomic E-state index is -0.955. The lowest BCUT2D eigenvalue weighted by atomic mass is 10.00. The summed E-state index contributed by atoms with van der Waals surface area (Å²) in [6.07, 6.45) is 4.46. The van der Waals surface area contributed by atoms with E-state index >= 15 is 0 Å². The fraction of sp³-hybridized carbons (Fsp3) is 0.588. The van der Waals surface area contributed by atoms with Gasteiger partial charge < -0.3 is 9.88 Å². The molecular formula is C17H25N5O3. The third kappa shape index (κ3) is 3.13. The van der Waals surface area contributed by atoms with Gasteiger partial charge in [-0.25, -0.2) is 4.79 Å². The van der Waals surface area contributed by atoms with Gasteiger partial charge in [0.15, 0.2) is 0 Å². The Morgan fingerprint density at radius 1 is 1.44 bits per heavy atom.